The van der Waals surface area contributed by atoms with Crippen molar-refractivity contribution in [3.63, 3.8) is 0 Å². The van der Waals surface area contributed by atoms with Crippen LogP contribution in [0.3, 0.4) is 0 Å². The third kappa shape index (κ3) is 39.5. The fourth-order valence-corrected chi connectivity index (χ4v) is 6.21. The lowest BCUT2D eigenvalue weighted by atomic mass is 10.1. The number of quaternary nitrogens is 1. The van der Waals surface area contributed by atoms with Crippen LogP contribution < -0.4 is 0 Å². The minimum atomic E-state index is 0.308. The zero-order valence-corrected chi connectivity index (χ0v) is 32.5. The van der Waals surface area contributed by atoms with Crippen LogP contribution in [-0.2, 0) is 9.47 Å². The molecule has 0 saturated carbocycles. The van der Waals surface area contributed by atoms with Gasteiger partial charge in [0.05, 0.1) is 21.1 Å². The Bertz CT molecular complexity index is 623. The van der Waals surface area contributed by atoms with E-state index in [0.29, 0.717) is 6.10 Å². The van der Waals surface area contributed by atoms with E-state index in [2.05, 4.69) is 59.3 Å². The molecule has 0 rings (SSSR count). The smallest absolute Gasteiger partial charge is 0.109 e. The number of likely N-dealkylation sites (N-methyl/N-ethyl adjacent to an activating group) is 1. The first-order chi connectivity index (χ1) is 22.5. The summed E-state index contributed by atoms with van der Waals surface area (Å²) in [7, 11) is 6.81. The highest BCUT2D eigenvalue weighted by atomic mass is 16.5. The van der Waals surface area contributed by atoms with E-state index in [1.165, 1.54) is 180 Å². The van der Waals surface area contributed by atoms with E-state index in [4.69, 9.17) is 9.47 Å². The summed E-state index contributed by atoms with van der Waals surface area (Å²) in [5, 5.41) is 0. The van der Waals surface area contributed by atoms with Crippen LogP contribution in [0, 0.1) is 0 Å². The zero-order chi connectivity index (χ0) is 33.7. The van der Waals surface area contributed by atoms with Crippen LogP contribution in [0.1, 0.15) is 200 Å². The molecule has 0 aliphatic heterocycles. The molecule has 0 aromatic rings. The van der Waals surface area contributed by atoms with Gasteiger partial charge in [-0.15, -0.1) is 0 Å². The van der Waals surface area contributed by atoms with Crippen LogP contribution in [0.4, 0.5) is 0 Å². The van der Waals surface area contributed by atoms with E-state index in [1.54, 1.807) is 0 Å². The van der Waals surface area contributed by atoms with Gasteiger partial charge in [0.15, 0.2) is 0 Å². The topological polar surface area (TPSA) is 18.5 Å². The quantitative estimate of drug-likeness (QED) is 0.0377. The number of nitrogens with zero attached hydrogens (tertiary/aromatic N) is 1. The number of allylic oxidation sites excluding steroid dienone is 4. The Morgan fingerprint density at radius 2 is 0.761 bits per heavy atom. The lowest BCUT2D eigenvalue weighted by Gasteiger charge is -2.29. The molecule has 0 N–H and O–H groups in total. The third-order valence-corrected chi connectivity index (χ3v) is 9.15. The molecule has 46 heavy (non-hydrogen) atoms. The van der Waals surface area contributed by atoms with Crippen molar-refractivity contribution in [1.29, 1.82) is 0 Å². The Labute approximate surface area is 291 Å². The van der Waals surface area contributed by atoms with E-state index in [1.807, 2.05) is 0 Å². The van der Waals surface area contributed by atoms with Crippen molar-refractivity contribution in [2.45, 2.75) is 206 Å². The molecular formula is C43H86NO2+. The van der Waals surface area contributed by atoms with Gasteiger partial charge < -0.3 is 14.0 Å². The monoisotopic (exact) mass is 649 g/mol. The van der Waals surface area contributed by atoms with Gasteiger partial charge >= 0.3 is 0 Å². The highest BCUT2D eigenvalue weighted by molar-refractivity contribution is 4.82. The minimum Gasteiger partial charge on any atom is -0.381 e. The van der Waals surface area contributed by atoms with Crippen LogP contribution in [0.5, 0.6) is 0 Å². The Balaban J connectivity index is 3.61. The van der Waals surface area contributed by atoms with Gasteiger partial charge in [0.2, 0.25) is 0 Å². The minimum absolute atomic E-state index is 0.308. The molecule has 0 aliphatic rings. The molecule has 3 nitrogen and oxygen atoms in total. The molecule has 0 aromatic carbocycles. The molecule has 0 heterocycles. The molecule has 1 atom stereocenters. The second-order valence-electron chi connectivity index (χ2n) is 15.2. The summed E-state index contributed by atoms with van der Waals surface area (Å²) in [6, 6.07) is 0. The summed E-state index contributed by atoms with van der Waals surface area (Å²) in [4.78, 5) is 0. The van der Waals surface area contributed by atoms with Crippen LogP contribution in [-0.4, -0.2) is 58.1 Å². The maximum Gasteiger partial charge on any atom is 0.109 e. The number of ether oxygens (including phenoxy) is 2. The number of rotatable bonds is 38. The average Bonchev–Trinajstić information content (AvgIpc) is 3.02. The van der Waals surface area contributed by atoms with Gasteiger partial charge in [0.1, 0.15) is 12.6 Å². The largest absolute Gasteiger partial charge is 0.381 e. The maximum atomic E-state index is 6.36. The van der Waals surface area contributed by atoms with E-state index >= 15 is 0 Å². The van der Waals surface area contributed by atoms with Crippen molar-refractivity contribution in [3.8, 4) is 0 Å². The Morgan fingerprint density at radius 1 is 0.413 bits per heavy atom. The van der Waals surface area contributed by atoms with E-state index in [-0.39, 0.29) is 0 Å². The van der Waals surface area contributed by atoms with Gasteiger partial charge in [0, 0.05) is 26.2 Å². The number of hydrogen-bond acceptors (Lipinski definition) is 2. The van der Waals surface area contributed by atoms with Gasteiger partial charge in [-0.05, 0) is 64.2 Å². The van der Waals surface area contributed by atoms with Crippen molar-refractivity contribution in [2.75, 3.05) is 47.5 Å². The molecule has 0 aliphatic carbocycles. The average molecular weight is 649 g/mol. The van der Waals surface area contributed by atoms with Crippen LogP contribution in [0.2, 0.25) is 0 Å². The second kappa shape index (κ2) is 37.2. The highest BCUT2D eigenvalue weighted by Crippen LogP contribution is 2.13. The summed E-state index contributed by atoms with van der Waals surface area (Å²) < 4.78 is 13.3. The first-order valence-corrected chi connectivity index (χ1v) is 20.8. The summed E-state index contributed by atoms with van der Waals surface area (Å²) in [5.41, 5.74) is 0. The maximum absolute atomic E-state index is 6.36. The molecule has 0 amide bonds. The van der Waals surface area contributed by atoms with Crippen LogP contribution in [0.25, 0.3) is 0 Å². The first-order valence-electron chi connectivity index (χ1n) is 20.8. The summed E-state index contributed by atoms with van der Waals surface area (Å²) >= 11 is 0. The normalized spacial score (nSPS) is 13.1. The lowest BCUT2D eigenvalue weighted by Crippen LogP contribution is -2.43. The molecular weight excluding hydrogens is 562 g/mol. The number of hydrogen-bond donors (Lipinski definition) is 0. The van der Waals surface area contributed by atoms with E-state index in [9.17, 15) is 0 Å². The molecule has 1 unspecified atom stereocenters. The Kier molecular flexibility index (Phi) is 36.7. The predicted octanol–water partition coefficient (Wildman–Crippen LogP) is 13.6. The van der Waals surface area contributed by atoms with Gasteiger partial charge in [-0.2, -0.15) is 0 Å². The highest BCUT2D eigenvalue weighted by Gasteiger charge is 2.18. The van der Waals surface area contributed by atoms with Crippen LogP contribution in [0.15, 0.2) is 24.3 Å². The standard InChI is InChI=1S/C43H86NO2/c1-6-8-10-12-14-16-18-20-22-24-26-28-30-32-34-36-39-45-41-38-43(42-44(3,4)5)46-40-37-35-33-31-29-27-25-23-21-19-17-15-13-11-9-7-2/h20-23,43H,6-19,24-42H2,1-5H3/q+1/b22-20-,23-21-. The molecule has 0 bridgehead atoms. The van der Waals surface area contributed by atoms with Crippen molar-refractivity contribution in [1.82, 2.24) is 0 Å². The van der Waals surface area contributed by atoms with Crippen molar-refractivity contribution < 1.29 is 14.0 Å². The van der Waals surface area contributed by atoms with Gasteiger partial charge in [0.25, 0.3) is 0 Å². The Morgan fingerprint density at radius 3 is 1.15 bits per heavy atom. The van der Waals surface area contributed by atoms with Crippen molar-refractivity contribution in [2.24, 2.45) is 0 Å². The molecule has 274 valence electrons. The van der Waals surface area contributed by atoms with Crippen LogP contribution >= 0.6 is 0 Å². The van der Waals surface area contributed by atoms with Gasteiger partial charge in [-0.3, -0.25) is 0 Å². The molecule has 0 saturated heterocycles. The molecule has 0 radical (unpaired) electrons. The van der Waals surface area contributed by atoms with E-state index in [0.717, 1.165) is 37.3 Å². The number of unbranched alkanes of at least 4 members (excludes halogenated alkanes) is 24. The predicted molar refractivity (Wildman–Crippen MR) is 207 cm³/mol. The molecule has 0 spiro atoms. The van der Waals surface area contributed by atoms with Crippen molar-refractivity contribution >= 4 is 0 Å². The fourth-order valence-electron chi connectivity index (χ4n) is 6.21. The SMILES string of the molecule is CCCCCCCC/C=C\CCCCCCCCOCCC(C[N+](C)(C)C)OCCCCCCCC/C=C\CCCCCCCC. The summed E-state index contributed by atoms with van der Waals surface area (Å²) in [6.45, 7) is 8.29. The summed E-state index contributed by atoms with van der Waals surface area (Å²) in [6.07, 6.45) is 48.9. The summed E-state index contributed by atoms with van der Waals surface area (Å²) in [5.74, 6) is 0. The van der Waals surface area contributed by atoms with E-state index < -0.39 is 0 Å². The van der Waals surface area contributed by atoms with Crippen molar-refractivity contribution in [3.05, 3.63) is 24.3 Å². The third-order valence-electron chi connectivity index (χ3n) is 9.15. The molecule has 3 heteroatoms. The fraction of sp³-hybridized carbons (Fsp3) is 0.907. The van der Waals surface area contributed by atoms with Gasteiger partial charge in [-0.25, -0.2) is 0 Å². The first kappa shape index (κ1) is 45.4. The lowest BCUT2D eigenvalue weighted by molar-refractivity contribution is -0.873. The molecule has 0 aromatic heterocycles. The van der Waals surface area contributed by atoms with Gasteiger partial charge in [-0.1, -0.05) is 154 Å². The molecule has 0 fully saturated rings. The zero-order valence-electron chi connectivity index (χ0n) is 32.5. The Hall–Kier alpha value is -0.640. The second-order valence-corrected chi connectivity index (χ2v) is 15.2.